The zero-order valence-electron chi connectivity index (χ0n) is 7.30. The van der Waals surface area contributed by atoms with E-state index in [2.05, 4.69) is 20.9 Å². The molecule has 0 unspecified atom stereocenters. The molecule has 0 atom stereocenters. The van der Waals surface area contributed by atoms with Gasteiger partial charge in [0.15, 0.2) is 11.6 Å². The van der Waals surface area contributed by atoms with Crippen LogP contribution in [-0.2, 0) is 0 Å². The Morgan fingerprint density at radius 2 is 2.07 bits per heavy atom. The highest BCUT2D eigenvalue weighted by atomic mass is 79.9. The molecule has 0 aliphatic carbocycles. The number of anilines is 1. The van der Waals surface area contributed by atoms with Crippen LogP contribution in [-0.4, -0.2) is 4.98 Å². The van der Waals surface area contributed by atoms with Gasteiger partial charge in [0.1, 0.15) is 10.8 Å². The predicted octanol–water partition coefficient (Wildman–Crippen LogP) is 3.43. The van der Waals surface area contributed by atoms with Gasteiger partial charge in [-0.25, -0.2) is 13.8 Å². The molecule has 0 amide bonds. The number of hydrogen-bond acceptors (Lipinski definition) is 3. The van der Waals surface area contributed by atoms with Gasteiger partial charge < -0.3 is 5.73 Å². The Balaban J connectivity index is 2.59. The highest BCUT2D eigenvalue weighted by Gasteiger charge is 2.14. The van der Waals surface area contributed by atoms with Crippen molar-refractivity contribution < 1.29 is 8.78 Å². The van der Waals surface area contributed by atoms with Crippen LogP contribution in [0.3, 0.4) is 0 Å². The topological polar surface area (TPSA) is 38.9 Å². The summed E-state index contributed by atoms with van der Waals surface area (Å²) in [5, 5.41) is 2.20. The normalized spacial score (nSPS) is 10.6. The van der Waals surface area contributed by atoms with Crippen LogP contribution in [0.4, 0.5) is 14.6 Å². The van der Waals surface area contributed by atoms with E-state index >= 15 is 0 Å². The van der Waals surface area contributed by atoms with Crippen LogP contribution in [0, 0.1) is 11.6 Å². The molecule has 0 aliphatic rings. The molecule has 1 heterocycles. The minimum Gasteiger partial charge on any atom is -0.383 e. The molecule has 0 aliphatic heterocycles. The first kappa shape index (κ1) is 10.5. The summed E-state index contributed by atoms with van der Waals surface area (Å²) in [4.78, 5) is 3.99. The molecule has 0 fully saturated rings. The van der Waals surface area contributed by atoms with Gasteiger partial charge in [-0.15, -0.1) is 11.3 Å². The molecule has 0 saturated heterocycles. The fourth-order valence-electron chi connectivity index (χ4n) is 1.10. The summed E-state index contributed by atoms with van der Waals surface area (Å²) in [5.41, 5.74) is 5.95. The van der Waals surface area contributed by atoms with E-state index in [1.807, 2.05) is 0 Å². The van der Waals surface area contributed by atoms with Gasteiger partial charge in [0.2, 0.25) is 0 Å². The second-order valence-electron chi connectivity index (χ2n) is 2.80. The molecule has 2 aromatic rings. The number of nitrogens with two attached hydrogens (primary N) is 1. The van der Waals surface area contributed by atoms with Crippen molar-refractivity contribution in [3.63, 3.8) is 0 Å². The Labute approximate surface area is 96.9 Å². The number of hydrogen-bond donors (Lipinski definition) is 1. The largest absolute Gasteiger partial charge is 0.383 e. The Morgan fingerprint density at radius 1 is 1.33 bits per heavy atom. The smallest absolute Gasteiger partial charge is 0.173 e. The maximum absolute atomic E-state index is 13.2. The van der Waals surface area contributed by atoms with Gasteiger partial charge in [0, 0.05) is 10.9 Å². The quantitative estimate of drug-likeness (QED) is 0.817. The van der Waals surface area contributed by atoms with Gasteiger partial charge in [0.05, 0.1) is 4.47 Å². The number of aromatic nitrogens is 1. The number of benzene rings is 1. The molecular weight excluding hydrogens is 286 g/mol. The van der Waals surface area contributed by atoms with E-state index in [-0.39, 0.29) is 4.47 Å². The number of halogens is 3. The number of nitrogen functional groups attached to an aromatic ring is 1. The van der Waals surface area contributed by atoms with Crippen LogP contribution >= 0.6 is 27.3 Å². The van der Waals surface area contributed by atoms with Crippen molar-refractivity contribution >= 4 is 33.1 Å². The van der Waals surface area contributed by atoms with Crippen molar-refractivity contribution in [3.8, 4) is 10.6 Å². The van der Waals surface area contributed by atoms with Gasteiger partial charge in [-0.2, -0.15) is 0 Å². The molecular formula is C9H5BrF2N2S. The molecule has 2 rings (SSSR count). The van der Waals surface area contributed by atoms with E-state index in [1.165, 1.54) is 17.4 Å². The van der Waals surface area contributed by atoms with E-state index in [4.69, 9.17) is 5.73 Å². The Kier molecular flexibility index (Phi) is 2.70. The summed E-state index contributed by atoms with van der Waals surface area (Å²) in [7, 11) is 0. The molecule has 1 aromatic heterocycles. The lowest BCUT2D eigenvalue weighted by Crippen LogP contribution is -1.89. The first-order chi connectivity index (χ1) is 7.09. The second-order valence-corrected chi connectivity index (χ2v) is 4.45. The molecule has 1 aromatic carbocycles. The molecule has 0 bridgehead atoms. The molecule has 2 N–H and O–H groups in total. The monoisotopic (exact) mass is 290 g/mol. The third-order valence-corrected chi connectivity index (χ3v) is 3.46. The lowest BCUT2D eigenvalue weighted by Gasteiger charge is -2.02. The molecule has 0 spiro atoms. The minimum absolute atomic E-state index is 0.0665. The van der Waals surface area contributed by atoms with E-state index in [1.54, 1.807) is 5.38 Å². The van der Waals surface area contributed by atoms with Crippen LogP contribution in [0.2, 0.25) is 0 Å². The summed E-state index contributed by atoms with van der Waals surface area (Å²) in [6, 6.07) is 2.52. The maximum atomic E-state index is 13.2. The molecule has 15 heavy (non-hydrogen) atoms. The maximum Gasteiger partial charge on any atom is 0.173 e. The lowest BCUT2D eigenvalue weighted by molar-refractivity contribution is 0.505. The van der Waals surface area contributed by atoms with Crippen LogP contribution in [0.1, 0.15) is 0 Å². The predicted molar refractivity (Wildman–Crippen MR) is 59.6 cm³/mol. The Bertz CT molecular complexity index is 513. The molecule has 78 valence electrons. The Hall–Kier alpha value is -1.01. The summed E-state index contributed by atoms with van der Waals surface area (Å²) in [6.07, 6.45) is 0. The number of thiazole rings is 1. The van der Waals surface area contributed by atoms with Crippen LogP contribution in [0.25, 0.3) is 10.6 Å². The van der Waals surface area contributed by atoms with E-state index in [0.29, 0.717) is 16.4 Å². The van der Waals surface area contributed by atoms with Crippen LogP contribution in [0.5, 0.6) is 0 Å². The first-order valence-corrected chi connectivity index (χ1v) is 5.61. The summed E-state index contributed by atoms with van der Waals surface area (Å²) >= 11 is 4.26. The molecule has 0 saturated carbocycles. The second kappa shape index (κ2) is 3.86. The van der Waals surface area contributed by atoms with Crippen LogP contribution < -0.4 is 5.73 Å². The van der Waals surface area contributed by atoms with Crippen molar-refractivity contribution in [1.29, 1.82) is 0 Å². The van der Waals surface area contributed by atoms with E-state index < -0.39 is 11.6 Å². The zero-order chi connectivity index (χ0) is 11.0. The highest BCUT2D eigenvalue weighted by Crippen LogP contribution is 2.33. The lowest BCUT2D eigenvalue weighted by atomic mass is 10.2. The third kappa shape index (κ3) is 1.87. The van der Waals surface area contributed by atoms with Gasteiger partial charge >= 0.3 is 0 Å². The van der Waals surface area contributed by atoms with Crippen molar-refractivity contribution in [3.05, 3.63) is 33.6 Å². The highest BCUT2D eigenvalue weighted by molar-refractivity contribution is 9.10. The fraction of sp³-hybridized carbons (Fsp3) is 0. The SMILES string of the molecule is Nc1csc(-c2ccc(F)c(F)c2Br)n1. The average Bonchev–Trinajstić information content (AvgIpc) is 2.61. The van der Waals surface area contributed by atoms with E-state index in [9.17, 15) is 8.78 Å². The average molecular weight is 291 g/mol. The number of rotatable bonds is 1. The third-order valence-electron chi connectivity index (χ3n) is 1.79. The van der Waals surface area contributed by atoms with E-state index in [0.717, 1.165) is 6.07 Å². The van der Waals surface area contributed by atoms with Gasteiger partial charge in [0.25, 0.3) is 0 Å². The van der Waals surface area contributed by atoms with Gasteiger partial charge in [-0.3, -0.25) is 0 Å². The Morgan fingerprint density at radius 3 is 2.67 bits per heavy atom. The van der Waals surface area contributed by atoms with Crippen molar-refractivity contribution in [2.45, 2.75) is 0 Å². The number of nitrogens with zero attached hydrogens (tertiary/aromatic N) is 1. The van der Waals surface area contributed by atoms with Crippen molar-refractivity contribution in [2.24, 2.45) is 0 Å². The summed E-state index contributed by atoms with van der Waals surface area (Å²) in [6.45, 7) is 0. The van der Waals surface area contributed by atoms with Crippen molar-refractivity contribution in [1.82, 2.24) is 4.98 Å². The van der Waals surface area contributed by atoms with Gasteiger partial charge in [-0.05, 0) is 28.1 Å². The standard InChI is InChI=1S/C9H5BrF2N2S/c10-7-4(1-2-5(11)8(7)12)9-14-6(13)3-15-9/h1-3H,13H2. The van der Waals surface area contributed by atoms with Crippen molar-refractivity contribution in [2.75, 3.05) is 5.73 Å². The fourth-order valence-corrected chi connectivity index (χ4v) is 2.48. The van der Waals surface area contributed by atoms with Crippen LogP contribution in [0.15, 0.2) is 22.0 Å². The molecule has 2 nitrogen and oxygen atoms in total. The first-order valence-electron chi connectivity index (χ1n) is 3.94. The minimum atomic E-state index is -0.915. The zero-order valence-corrected chi connectivity index (χ0v) is 9.70. The summed E-state index contributed by atoms with van der Waals surface area (Å²) in [5.74, 6) is -1.44. The summed E-state index contributed by atoms with van der Waals surface area (Å²) < 4.78 is 26.1. The molecule has 6 heteroatoms. The molecule has 0 radical (unpaired) electrons. The van der Waals surface area contributed by atoms with Gasteiger partial charge in [-0.1, -0.05) is 0 Å².